The van der Waals surface area contributed by atoms with E-state index < -0.39 is 11.7 Å². The number of pyridine rings is 1. The topological polar surface area (TPSA) is 55.1 Å². The molecule has 130 valence electrons. The normalized spacial score (nSPS) is 11.2. The summed E-state index contributed by atoms with van der Waals surface area (Å²) in [4.78, 5) is 17.0. The minimum Gasteiger partial charge on any atom is -0.453 e. The molecule has 1 aromatic carbocycles. The van der Waals surface area contributed by atoms with Crippen molar-refractivity contribution in [3.63, 3.8) is 0 Å². The molecule has 0 unspecified atom stereocenters. The van der Waals surface area contributed by atoms with Gasteiger partial charge in [-0.25, -0.2) is 4.39 Å². The van der Waals surface area contributed by atoms with Gasteiger partial charge in [0.1, 0.15) is 5.58 Å². The van der Waals surface area contributed by atoms with Gasteiger partial charge in [-0.3, -0.25) is 9.78 Å². The zero-order valence-electron chi connectivity index (χ0n) is 13.4. The van der Waals surface area contributed by atoms with Gasteiger partial charge in [0.2, 0.25) is 0 Å². The number of benzene rings is 2. The fraction of sp³-hybridized carbons (Fsp3) is 0.0526. The largest absolute Gasteiger partial charge is 0.453 e. The highest BCUT2D eigenvalue weighted by atomic mass is 35.5. The molecule has 0 atom stereocenters. The average Bonchev–Trinajstić information content (AvgIpc) is 3.15. The lowest BCUT2D eigenvalue weighted by atomic mass is 9.99. The molecule has 4 aromatic rings. The van der Waals surface area contributed by atoms with E-state index in [0.717, 1.165) is 5.69 Å². The van der Waals surface area contributed by atoms with Crippen LogP contribution in [-0.2, 0) is 0 Å². The Bertz CT molecular complexity index is 1140. The summed E-state index contributed by atoms with van der Waals surface area (Å²) in [7, 11) is 0. The van der Waals surface area contributed by atoms with Crippen molar-refractivity contribution in [2.75, 3.05) is 5.32 Å². The number of aryl methyl sites for hydroxylation is 1. The number of nitrogens with zero attached hydrogens (tertiary/aromatic N) is 1. The molecule has 0 aliphatic heterocycles. The van der Waals surface area contributed by atoms with Crippen LogP contribution in [0, 0.1) is 12.7 Å². The van der Waals surface area contributed by atoms with E-state index in [4.69, 9.17) is 27.6 Å². The van der Waals surface area contributed by atoms with Crippen LogP contribution in [0.3, 0.4) is 0 Å². The summed E-state index contributed by atoms with van der Waals surface area (Å²) in [5.41, 5.74) is 2.77. The Kier molecular flexibility index (Phi) is 4.05. The van der Waals surface area contributed by atoms with Gasteiger partial charge in [-0.05, 0) is 42.8 Å². The van der Waals surface area contributed by atoms with E-state index in [9.17, 15) is 9.18 Å². The van der Waals surface area contributed by atoms with Gasteiger partial charge in [0.05, 0.1) is 15.6 Å². The van der Waals surface area contributed by atoms with Crippen molar-refractivity contribution in [3.05, 3.63) is 69.7 Å². The highest BCUT2D eigenvalue weighted by Crippen LogP contribution is 2.39. The predicted octanol–water partition coefficient (Wildman–Crippen LogP) is 5.94. The number of carbonyl (C=O) groups excluding carboxylic acids is 1. The first-order valence-corrected chi connectivity index (χ1v) is 8.43. The van der Waals surface area contributed by atoms with Gasteiger partial charge in [0, 0.05) is 29.2 Å². The summed E-state index contributed by atoms with van der Waals surface area (Å²) >= 11 is 11.9. The summed E-state index contributed by atoms with van der Waals surface area (Å²) in [6, 6.07) is 9.44. The second-order valence-corrected chi connectivity index (χ2v) is 6.62. The van der Waals surface area contributed by atoms with Crippen LogP contribution in [0.25, 0.3) is 22.3 Å². The van der Waals surface area contributed by atoms with Gasteiger partial charge in [-0.2, -0.15) is 0 Å². The van der Waals surface area contributed by atoms with Crippen LogP contribution in [0.2, 0.25) is 10.0 Å². The lowest BCUT2D eigenvalue weighted by Crippen LogP contribution is -2.13. The summed E-state index contributed by atoms with van der Waals surface area (Å²) in [6.07, 6.45) is 1.60. The van der Waals surface area contributed by atoms with E-state index in [2.05, 4.69) is 10.3 Å². The zero-order valence-corrected chi connectivity index (χ0v) is 15.0. The maximum Gasteiger partial charge on any atom is 0.260 e. The smallest absolute Gasteiger partial charge is 0.260 e. The molecule has 0 radical (unpaired) electrons. The van der Waals surface area contributed by atoms with Crippen molar-refractivity contribution in [1.29, 1.82) is 0 Å². The molecule has 26 heavy (non-hydrogen) atoms. The first-order chi connectivity index (χ1) is 12.4. The number of aromatic nitrogens is 1. The van der Waals surface area contributed by atoms with Crippen molar-refractivity contribution >= 4 is 46.0 Å². The number of hydrogen-bond donors (Lipinski definition) is 1. The Morgan fingerprint density at radius 3 is 2.69 bits per heavy atom. The van der Waals surface area contributed by atoms with E-state index in [1.807, 2.05) is 6.92 Å². The molecule has 0 aliphatic rings. The molecule has 0 saturated heterocycles. The molecular weight excluding hydrogens is 378 g/mol. The number of hydrogen-bond acceptors (Lipinski definition) is 3. The summed E-state index contributed by atoms with van der Waals surface area (Å²) in [5.74, 6) is -0.933. The fourth-order valence-electron chi connectivity index (χ4n) is 2.87. The van der Waals surface area contributed by atoms with Crippen LogP contribution in [-0.4, -0.2) is 10.9 Å². The van der Waals surface area contributed by atoms with Crippen LogP contribution in [0.4, 0.5) is 10.1 Å². The number of carbonyl (C=O) groups is 1. The van der Waals surface area contributed by atoms with Crippen molar-refractivity contribution in [2.24, 2.45) is 0 Å². The fourth-order valence-corrected chi connectivity index (χ4v) is 3.17. The van der Waals surface area contributed by atoms with Crippen LogP contribution >= 0.6 is 23.2 Å². The van der Waals surface area contributed by atoms with Gasteiger partial charge in [0.25, 0.3) is 5.91 Å². The molecule has 0 fully saturated rings. The van der Waals surface area contributed by atoms with Crippen LogP contribution in [0.5, 0.6) is 0 Å². The Morgan fingerprint density at radius 2 is 1.96 bits per heavy atom. The summed E-state index contributed by atoms with van der Waals surface area (Å²) < 4.78 is 19.5. The van der Waals surface area contributed by atoms with Gasteiger partial charge in [0.15, 0.2) is 11.4 Å². The summed E-state index contributed by atoms with van der Waals surface area (Å²) in [6.45, 7) is 1.82. The van der Waals surface area contributed by atoms with Gasteiger partial charge in [-0.15, -0.1) is 0 Å². The summed E-state index contributed by atoms with van der Waals surface area (Å²) in [5, 5.41) is 3.45. The molecule has 4 rings (SSSR count). The predicted molar refractivity (Wildman–Crippen MR) is 99.7 cm³/mol. The van der Waals surface area contributed by atoms with Crippen molar-refractivity contribution in [2.45, 2.75) is 6.92 Å². The number of nitrogens with one attached hydrogen (secondary N) is 1. The molecule has 3 heterocycles. The maximum absolute atomic E-state index is 14.1. The Hall–Kier alpha value is -2.63. The first kappa shape index (κ1) is 16.8. The minimum absolute atomic E-state index is 0.0462. The van der Waals surface area contributed by atoms with E-state index in [1.165, 1.54) is 6.07 Å². The third-order valence-electron chi connectivity index (χ3n) is 4.00. The van der Waals surface area contributed by atoms with E-state index in [1.54, 1.807) is 36.5 Å². The molecule has 0 spiro atoms. The minimum atomic E-state index is -0.504. The lowest BCUT2D eigenvalue weighted by Gasteiger charge is -2.09. The molecule has 2 bridgehead atoms. The molecule has 0 saturated carbocycles. The maximum atomic E-state index is 14.1. The van der Waals surface area contributed by atoms with Gasteiger partial charge in [-0.1, -0.05) is 23.2 Å². The number of amides is 1. The SMILES string of the molecule is Cc1cc(-c2c(C(=O)Nc3ccc(Cl)c(Cl)c3)c3cc(F)c2o3)ccn1. The lowest BCUT2D eigenvalue weighted by molar-refractivity contribution is 0.102. The Balaban J connectivity index is 1.79. The molecule has 1 N–H and O–H groups in total. The Morgan fingerprint density at radius 1 is 1.15 bits per heavy atom. The number of halogens is 3. The van der Waals surface area contributed by atoms with Crippen molar-refractivity contribution in [3.8, 4) is 11.1 Å². The molecular formula is C19H11Cl2FN2O2. The van der Waals surface area contributed by atoms with Gasteiger partial charge < -0.3 is 9.73 Å². The van der Waals surface area contributed by atoms with Crippen molar-refractivity contribution < 1.29 is 13.6 Å². The third-order valence-corrected chi connectivity index (χ3v) is 4.74. The monoisotopic (exact) mass is 388 g/mol. The molecule has 3 aromatic heterocycles. The van der Waals surface area contributed by atoms with E-state index in [-0.39, 0.29) is 16.7 Å². The second-order valence-electron chi connectivity index (χ2n) is 5.81. The number of rotatable bonds is 3. The second kappa shape index (κ2) is 6.27. The van der Waals surface area contributed by atoms with E-state index in [0.29, 0.717) is 26.9 Å². The average molecular weight is 389 g/mol. The third kappa shape index (κ3) is 2.79. The van der Waals surface area contributed by atoms with Crippen LogP contribution < -0.4 is 5.32 Å². The Labute approximate surface area is 157 Å². The quantitative estimate of drug-likeness (QED) is 0.472. The molecule has 1 amide bonds. The van der Waals surface area contributed by atoms with Crippen LogP contribution in [0.1, 0.15) is 16.1 Å². The van der Waals surface area contributed by atoms with Crippen LogP contribution in [0.15, 0.2) is 47.0 Å². The number of furan rings is 2. The first-order valence-electron chi connectivity index (χ1n) is 7.68. The molecule has 7 heteroatoms. The number of anilines is 1. The standard InChI is InChI=1S/C19H11Cl2FN2O2/c1-9-6-10(4-5-23-9)16-17(15-8-14(22)18(16)26-15)19(25)24-11-2-3-12(20)13(21)7-11/h2-8H,1H3,(H,24,25). The highest BCUT2D eigenvalue weighted by molar-refractivity contribution is 6.42. The molecule has 0 aliphatic carbocycles. The highest BCUT2D eigenvalue weighted by Gasteiger charge is 2.27. The molecule has 4 nitrogen and oxygen atoms in total. The van der Waals surface area contributed by atoms with Gasteiger partial charge >= 0.3 is 0 Å². The number of fused-ring (bicyclic) bond motifs is 2. The van der Waals surface area contributed by atoms with Crippen molar-refractivity contribution in [1.82, 2.24) is 4.98 Å². The zero-order chi connectivity index (χ0) is 18.4. The van der Waals surface area contributed by atoms with E-state index >= 15 is 0 Å².